The number of nitrogens with zero attached hydrogens (tertiary/aromatic N) is 2. The lowest BCUT2D eigenvalue weighted by Gasteiger charge is -2.13. The molecule has 190 valence electrons. The van der Waals surface area contributed by atoms with Crippen molar-refractivity contribution in [1.29, 1.82) is 0 Å². The molecular weight excluding hydrogens is 552 g/mol. The molecule has 0 aromatic heterocycles. The Labute approximate surface area is 221 Å². The monoisotopic (exact) mass is 576 g/mol. The van der Waals surface area contributed by atoms with Crippen molar-refractivity contribution in [3.05, 3.63) is 56.9 Å². The highest BCUT2D eigenvalue weighted by atomic mass is 79.9. The number of carbonyl (C=O) groups excluding carboxylic acids is 3. The van der Waals surface area contributed by atoms with Gasteiger partial charge in [0.05, 0.1) is 41.5 Å². The van der Waals surface area contributed by atoms with E-state index < -0.39 is 11.9 Å². The molecule has 0 unspecified atom stereocenters. The zero-order chi connectivity index (χ0) is 26.2. The van der Waals surface area contributed by atoms with Gasteiger partial charge in [-0.25, -0.2) is 14.6 Å². The number of methoxy groups -OCH3 is 2. The molecule has 2 aromatic rings. The summed E-state index contributed by atoms with van der Waals surface area (Å²) in [6.45, 7) is 4.03. The molecule has 0 radical (unpaired) electrons. The second-order valence-corrected chi connectivity index (χ2v) is 9.09. The molecule has 1 aliphatic heterocycles. The van der Waals surface area contributed by atoms with Crippen LogP contribution in [0.2, 0.25) is 0 Å². The Morgan fingerprint density at radius 3 is 2.61 bits per heavy atom. The van der Waals surface area contributed by atoms with Gasteiger partial charge in [-0.05, 0) is 83.5 Å². The predicted octanol–water partition coefficient (Wildman–Crippen LogP) is 4.81. The highest BCUT2D eigenvalue weighted by molar-refractivity contribution is 9.10. The van der Waals surface area contributed by atoms with Crippen molar-refractivity contribution in [2.45, 2.75) is 13.8 Å². The lowest BCUT2D eigenvalue weighted by molar-refractivity contribution is -0.143. The van der Waals surface area contributed by atoms with Crippen molar-refractivity contribution in [3.8, 4) is 11.5 Å². The van der Waals surface area contributed by atoms with Crippen LogP contribution in [-0.2, 0) is 19.1 Å². The molecule has 0 bridgehead atoms. The number of halogens is 1. The largest absolute Gasteiger partial charge is 0.493 e. The number of likely N-dealkylation sites (N-methyl/N-ethyl adjacent to an activating group) is 1. The van der Waals surface area contributed by atoms with Crippen molar-refractivity contribution in [2.24, 2.45) is 4.99 Å². The summed E-state index contributed by atoms with van der Waals surface area (Å²) in [5.74, 6) is -0.422. The summed E-state index contributed by atoms with van der Waals surface area (Å²) in [7, 11) is 2.75. The third-order valence-corrected chi connectivity index (χ3v) is 6.49. The smallest absolute Gasteiger partial charge is 0.343 e. The number of hydrogen-bond acceptors (Lipinski definition) is 9. The fraction of sp³-hybridized carbons (Fsp3) is 0.280. The molecule has 1 aliphatic rings. The van der Waals surface area contributed by atoms with Gasteiger partial charge >= 0.3 is 11.9 Å². The average molecular weight is 577 g/mol. The van der Waals surface area contributed by atoms with Gasteiger partial charge in [-0.1, -0.05) is 6.07 Å². The van der Waals surface area contributed by atoms with Gasteiger partial charge in [-0.15, -0.1) is 0 Å². The molecule has 9 nitrogen and oxygen atoms in total. The molecule has 36 heavy (non-hydrogen) atoms. The van der Waals surface area contributed by atoms with Crippen LogP contribution in [0, 0.1) is 0 Å². The second kappa shape index (κ2) is 12.6. The first-order valence-electron chi connectivity index (χ1n) is 11.0. The van der Waals surface area contributed by atoms with E-state index in [4.69, 9.17) is 14.2 Å². The van der Waals surface area contributed by atoms with Gasteiger partial charge in [-0.2, -0.15) is 0 Å². The van der Waals surface area contributed by atoms with Crippen molar-refractivity contribution in [3.63, 3.8) is 0 Å². The first-order chi connectivity index (χ1) is 17.3. The van der Waals surface area contributed by atoms with Crippen LogP contribution in [0.3, 0.4) is 0 Å². The maximum Gasteiger partial charge on any atom is 0.343 e. The van der Waals surface area contributed by atoms with E-state index in [1.165, 1.54) is 26.0 Å². The Morgan fingerprint density at radius 1 is 1.17 bits per heavy atom. The second-order valence-electron chi connectivity index (χ2n) is 7.22. The summed E-state index contributed by atoms with van der Waals surface area (Å²) in [4.78, 5) is 43.2. The first-order valence-corrected chi connectivity index (χ1v) is 12.6. The molecule has 1 amide bonds. The van der Waals surface area contributed by atoms with Gasteiger partial charge in [0.15, 0.2) is 23.3 Å². The molecule has 1 fully saturated rings. The van der Waals surface area contributed by atoms with Crippen molar-refractivity contribution >= 4 is 62.5 Å². The normalized spacial score (nSPS) is 15.4. The maximum atomic E-state index is 13.1. The number of carbonyl (C=O) groups is 3. The Kier molecular flexibility index (Phi) is 9.54. The van der Waals surface area contributed by atoms with Crippen LogP contribution >= 0.6 is 27.7 Å². The molecule has 3 rings (SSSR count). The number of rotatable bonds is 9. The number of amides is 1. The van der Waals surface area contributed by atoms with E-state index in [0.717, 1.165) is 0 Å². The van der Waals surface area contributed by atoms with E-state index in [2.05, 4.69) is 25.7 Å². The number of aliphatic imine (C=N–C) groups is 1. The number of hydrogen-bond donors (Lipinski definition) is 0. The Bertz CT molecular complexity index is 1230. The molecule has 0 spiro atoms. The Morgan fingerprint density at radius 2 is 1.94 bits per heavy atom. The van der Waals surface area contributed by atoms with Gasteiger partial charge in [0.25, 0.3) is 5.91 Å². The molecule has 1 saturated heterocycles. The zero-order valence-electron chi connectivity index (χ0n) is 20.2. The number of amidine groups is 1. The minimum atomic E-state index is -0.526. The predicted molar refractivity (Wildman–Crippen MR) is 141 cm³/mol. The van der Waals surface area contributed by atoms with Crippen LogP contribution in [0.1, 0.15) is 29.8 Å². The Balaban J connectivity index is 1.90. The third-order valence-electron chi connectivity index (χ3n) is 4.90. The highest BCUT2D eigenvalue weighted by Crippen LogP contribution is 2.39. The number of esters is 2. The number of benzene rings is 2. The Hall–Kier alpha value is -3.31. The van der Waals surface area contributed by atoms with E-state index in [9.17, 15) is 14.4 Å². The third kappa shape index (κ3) is 6.46. The minimum Gasteiger partial charge on any atom is -0.493 e. The average Bonchev–Trinajstić information content (AvgIpc) is 3.16. The molecule has 0 aliphatic carbocycles. The molecule has 11 heteroatoms. The first kappa shape index (κ1) is 27.3. The van der Waals surface area contributed by atoms with Gasteiger partial charge in [-0.3, -0.25) is 9.69 Å². The molecule has 2 aromatic carbocycles. The fourth-order valence-electron chi connectivity index (χ4n) is 3.20. The van der Waals surface area contributed by atoms with Crippen LogP contribution in [0.4, 0.5) is 5.69 Å². The van der Waals surface area contributed by atoms with Gasteiger partial charge in [0.1, 0.15) is 0 Å². The summed E-state index contributed by atoms with van der Waals surface area (Å²) < 4.78 is 21.1. The maximum absolute atomic E-state index is 13.1. The summed E-state index contributed by atoms with van der Waals surface area (Å²) in [5, 5.41) is 0.499. The molecule has 0 atom stereocenters. The van der Waals surface area contributed by atoms with E-state index in [1.54, 1.807) is 54.3 Å². The van der Waals surface area contributed by atoms with Crippen LogP contribution < -0.4 is 9.47 Å². The van der Waals surface area contributed by atoms with Crippen molar-refractivity contribution in [2.75, 3.05) is 34.0 Å². The number of ether oxygens (including phenoxy) is 4. The lowest BCUT2D eigenvalue weighted by atomic mass is 10.2. The SMILES string of the molecule is CCOC(=O)c1cccc(N=C2SC(=Cc3cc(Br)c(OCC(=O)OC)c(OC)c3)C(=O)N2CC)c1. The van der Waals surface area contributed by atoms with Crippen molar-refractivity contribution < 1.29 is 33.3 Å². The summed E-state index contributed by atoms with van der Waals surface area (Å²) in [6, 6.07) is 10.2. The highest BCUT2D eigenvalue weighted by Gasteiger charge is 2.32. The standard InChI is InChI=1S/C25H25BrN2O7S/c1-5-28-23(30)20(36-25(28)27-17-9-7-8-16(13-17)24(31)34-6-2)12-15-10-18(26)22(19(11-15)32-3)35-14-21(29)33-4/h7-13H,5-6,14H2,1-4H3. The van der Waals surface area contributed by atoms with E-state index >= 15 is 0 Å². The minimum absolute atomic E-state index is 0.191. The summed E-state index contributed by atoms with van der Waals surface area (Å²) in [6.07, 6.45) is 1.73. The van der Waals surface area contributed by atoms with E-state index in [0.29, 0.717) is 49.4 Å². The number of thioether (sulfide) groups is 1. The quantitative estimate of drug-likeness (QED) is 0.309. The van der Waals surface area contributed by atoms with Crippen LogP contribution in [-0.4, -0.2) is 61.9 Å². The molecule has 1 heterocycles. The van der Waals surface area contributed by atoms with E-state index in [-0.39, 0.29) is 19.1 Å². The molecular formula is C25H25BrN2O7S. The van der Waals surface area contributed by atoms with E-state index in [1.807, 2.05) is 6.92 Å². The van der Waals surface area contributed by atoms with Gasteiger partial charge < -0.3 is 18.9 Å². The van der Waals surface area contributed by atoms with Gasteiger partial charge in [0.2, 0.25) is 0 Å². The summed E-state index contributed by atoms with van der Waals surface area (Å²) in [5.41, 5.74) is 1.60. The van der Waals surface area contributed by atoms with Crippen LogP contribution in [0.5, 0.6) is 11.5 Å². The fourth-order valence-corrected chi connectivity index (χ4v) is 4.84. The van der Waals surface area contributed by atoms with Crippen LogP contribution in [0.25, 0.3) is 6.08 Å². The topological polar surface area (TPSA) is 104 Å². The van der Waals surface area contributed by atoms with Crippen molar-refractivity contribution in [1.82, 2.24) is 4.90 Å². The lowest BCUT2D eigenvalue weighted by Crippen LogP contribution is -2.28. The summed E-state index contributed by atoms with van der Waals surface area (Å²) >= 11 is 4.67. The molecule has 0 N–H and O–H groups in total. The zero-order valence-corrected chi connectivity index (χ0v) is 22.6. The van der Waals surface area contributed by atoms with Crippen LogP contribution in [0.15, 0.2) is 50.8 Å². The molecule has 0 saturated carbocycles. The van der Waals surface area contributed by atoms with Gasteiger partial charge in [0, 0.05) is 6.54 Å².